The molecule has 0 aliphatic carbocycles. The Morgan fingerprint density at radius 2 is 2.03 bits per heavy atom. The van der Waals surface area contributed by atoms with Crippen molar-refractivity contribution in [1.29, 1.82) is 0 Å². The molecule has 2 aromatic rings. The molecule has 0 bridgehead atoms. The Morgan fingerprint density at radius 1 is 1.26 bits per heavy atom. The van der Waals surface area contributed by atoms with Crippen molar-refractivity contribution in [3.63, 3.8) is 0 Å². The summed E-state index contributed by atoms with van der Waals surface area (Å²) in [5.41, 5.74) is 7.53. The Bertz CT molecular complexity index is 1030. The molecule has 2 heterocycles. The third kappa shape index (κ3) is 6.38. The SMILES string of the molecule is CCOCCCNC(=S)NNC(=O)c1cc2n(n1)[C@@H](C(F)(F)F)C[C@H](c1ccc(C)c(C)c1)N2. The number of nitrogens with one attached hydrogen (secondary N) is 4. The van der Waals surface area contributed by atoms with E-state index in [1.165, 1.54) is 6.07 Å². The molecule has 1 aromatic carbocycles. The molecular formula is C22H29F3N6O2S. The normalized spacial score (nSPS) is 17.5. The largest absolute Gasteiger partial charge is 0.410 e. The lowest BCUT2D eigenvalue weighted by molar-refractivity contribution is -0.173. The second kappa shape index (κ2) is 11.0. The fraction of sp³-hybridized carbons (Fsp3) is 0.500. The monoisotopic (exact) mass is 498 g/mol. The lowest BCUT2D eigenvalue weighted by Gasteiger charge is -2.33. The summed E-state index contributed by atoms with van der Waals surface area (Å²) in [6.45, 7) is 7.51. The van der Waals surface area contributed by atoms with Crippen LogP contribution in [0.2, 0.25) is 0 Å². The van der Waals surface area contributed by atoms with E-state index in [1.807, 2.05) is 39.0 Å². The number of carbonyl (C=O) groups is 1. The summed E-state index contributed by atoms with van der Waals surface area (Å²) >= 11 is 5.08. The topological polar surface area (TPSA) is 92.2 Å². The van der Waals surface area contributed by atoms with Gasteiger partial charge in [0, 0.05) is 32.2 Å². The van der Waals surface area contributed by atoms with E-state index in [4.69, 9.17) is 17.0 Å². The Morgan fingerprint density at radius 3 is 2.71 bits per heavy atom. The number of nitrogens with zero attached hydrogens (tertiary/aromatic N) is 2. The number of carbonyl (C=O) groups excluding carboxylic acids is 1. The van der Waals surface area contributed by atoms with E-state index >= 15 is 0 Å². The molecule has 4 N–H and O–H groups in total. The standard InChI is InChI=1S/C22H29F3N6O2S/c1-4-33-9-5-8-26-21(34)29-28-20(32)17-12-19-27-16(15-7-6-13(2)14(3)10-15)11-18(22(23,24)25)31(19)30-17/h6-7,10,12,16,18,27H,4-5,8-9,11H2,1-3H3,(H,28,32)(H2,26,29,34)/t16-,18-/m1/s1. The number of rotatable bonds is 7. The van der Waals surface area contributed by atoms with Crippen LogP contribution < -0.4 is 21.5 Å². The zero-order valence-corrected chi connectivity index (χ0v) is 20.1. The highest BCUT2D eigenvalue weighted by Crippen LogP contribution is 2.43. The minimum absolute atomic E-state index is 0.124. The van der Waals surface area contributed by atoms with Gasteiger partial charge in [0.2, 0.25) is 0 Å². The summed E-state index contributed by atoms with van der Waals surface area (Å²) in [6, 6.07) is 4.46. The van der Waals surface area contributed by atoms with Crippen LogP contribution in [0.25, 0.3) is 0 Å². The Kier molecular flexibility index (Phi) is 8.37. The van der Waals surface area contributed by atoms with Gasteiger partial charge < -0.3 is 15.4 Å². The van der Waals surface area contributed by atoms with Crippen LogP contribution in [0.5, 0.6) is 0 Å². The van der Waals surface area contributed by atoms with E-state index in [0.29, 0.717) is 19.8 Å². The molecule has 2 atom stereocenters. The summed E-state index contributed by atoms with van der Waals surface area (Å²) in [5, 5.41) is 10.1. The van der Waals surface area contributed by atoms with Crippen LogP contribution >= 0.6 is 12.2 Å². The van der Waals surface area contributed by atoms with E-state index in [0.717, 1.165) is 27.8 Å². The number of amides is 1. The molecule has 0 saturated heterocycles. The molecule has 1 amide bonds. The number of hydrogen-bond acceptors (Lipinski definition) is 5. The smallest absolute Gasteiger partial charge is 0.382 e. The first-order valence-electron chi connectivity index (χ1n) is 11.0. The van der Waals surface area contributed by atoms with Gasteiger partial charge >= 0.3 is 6.18 Å². The highest BCUT2D eigenvalue weighted by atomic mass is 32.1. The average molecular weight is 499 g/mol. The Labute approximate surface area is 201 Å². The van der Waals surface area contributed by atoms with Crippen LogP contribution in [-0.2, 0) is 4.74 Å². The lowest BCUT2D eigenvalue weighted by atomic mass is 9.94. The third-order valence-corrected chi connectivity index (χ3v) is 5.85. The van der Waals surface area contributed by atoms with Gasteiger partial charge in [-0.1, -0.05) is 18.2 Å². The molecule has 1 aliphatic heterocycles. The number of hydrazine groups is 1. The van der Waals surface area contributed by atoms with E-state index in [-0.39, 0.29) is 23.0 Å². The van der Waals surface area contributed by atoms with E-state index in [1.54, 1.807) is 0 Å². The zero-order chi connectivity index (χ0) is 24.9. The first kappa shape index (κ1) is 25.8. The van der Waals surface area contributed by atoms with Crippen molar-refractivity contribution in [2.45, 2.75) is 51.9 Å². The number of fused-ring (bicyclic) bond motifs is 1. The summed E-state index contributed by atoms with van der Waals surface area (Å²) in [7, 11) is 0. The second-order valence-electron chi connectivity index (χ2n) is 8.08. The number of benzene rings is 1. The van der Waals surface area contributed by atoms with E-state index in [2.05, 4.69) is 26.6 Å². The number of anilines is 1. The van der Waals surface area contributed by atoms with Crippen LogP contribution in [0, 0.1) is 13.8 Å². The van der Waals surface area contributed by atoms with Gasteiger partial charge in [-0.3, -0.25) is 15.6 Å². The van der Waals surface area contributed by atoms with Gasteiger partial charge in [0.1, 0.15) is 5.82 Å². The van der Waals surface area contributed by atoms with Crippen molar-refractivity contribution in [3.8, 4) is 0 Å². The average Bonchev–Trinajstić information content (AvgIpc) is 3.22. The fourth-order valence-corrected chi connectivity index (χ4v) is 3.78. The number of thiocarbonyl (C=S) groups is 1. The highest BCUT2D eigenvalue weighted by molar-refractivity contribution is 7.80. The van der Waals surface area contributed by atoms with Crippen LogP contribution in [0.4, 0.5) is 19.0 Å². The van der Waals surface area contributed by atoms with Crippen LogP contribution in [0.3, 0.4) is 0 Å². The summed E-state index contributed by atoms with van der Waals surface area (Å²) in [6.07, 6.45) is -4.04. The second-order valence-corrected chi connectivity index (χ2v) is 8.49. The first-order valence-corrected chi connectivity index (χ1v) is 11.4. The highest BCUT2D eigenvalue weighted by Gasteiger charge is 2.46. The zero-order valence-electron chi connectivity index (χ0n) is 19.3. The predicted molar refractivity (Wildman–Crippen MR) is 127 cm³/mol. The van der Waals surface area contributed by atoms with Gasteiger partial charge in [0.25, 0.3) is 5.91 Å². The molecule has 0 unspecified atom stereocenters. The molecule has 0 spiro atoms. The molecule has 1 aromatic heterocycles. The summed E-state index contributed by atoms with van der Waals surface area (Å²) in [5.74, 6) is -0.579. The van der Waals surface area contributed by atoms with Gasteiger partial charge in [0.15, 0.2) is 16.8 Å². The lowest BCUT2D eigenvalue weighted by Crippen LogP contribution is -2.47. The summed E-state index contributed by atoms with van der Waals surface area (Å²) < 4.78 is 47.7. The Hall–Kier alpha value is -2.86. The van der Waals surface area contributed by atoms with Crippen molar-refractivity contribution in [2.24, 2.45) is 0 Å². The number of hydrogen-bond donors (Lipinski definition) is 4. The maximum Gasteiger partial charge on any atom is 0.410 e. The molecule has 0 radical (unpaired) electrons. The first-order chi connectivity index (χ1) is 16.1. The van der Waals surface area contributed by atoms with Crippen molar-refractivity contribution >= 4 is 29.1 Å². The molecule has 34 heavy (non-hydrogen) atoms. The predicted octanol–water partition coefficient (Wildman–Crippen LogP) is 3.70. The van der Waals surface area contributed by atoms with Gasteiger partial charge in [-0.05, 0) is 56.1 Å². The minimum atomic E-state index is -4.53. The molecular weight excluding hydrogens is 469 g/mol. The van der Waals surface area contributed by atoms with E-state index in [9.17, 15) is 18.0 Å². The Balaban J connectivity index is 1.69. The molecule has 12 heteroatoms. The van der Waals surface area contributed by atoms with Crippen molar-refractivity contribution in [1.82, 2.24) is 25.9 Å². The van der Waals surface area contributed by atoms with Crippen molar-refractivity contribution in [3.05, 3.63) is 46.6 Å². The van der Waals surface area contributed by atoms with Gasteiger partial charge in [-0.2, -0.15) is 18.3 Å². The van der Waals surface area contributed by atoms with Gasteiger partial charge in [0.05, 0.1) is 6.04 Å². The number of alkyl halides is 3. The van der Waals surface area contributed by atoms with Gasteiger partial charge in [-0.15, -0.1) is 0 Å². The maximum absolute atomic E-state index is 13.9. The van der Waals surface area contributed by atoms with Crippen molar-refractivity contribution in [2.75, 3.05) is 25.1 Å². The maximum atomic E-state index is 13.9. The van der Waals surface area contributed by atoms with E-state index < -0.39 is 24.2 Å². The summed E-state index contributed by atoms with van der Waals surface area (Å²) in [4.78, 5) is 12.5. The molecule has 186 valence electrons. The number of ether oxygens (including phenoxy) is 1. The molecule has 1 aliphatic rings. The number of aromatic nitrogens is 2. The van der Waals surface area contributed by atoms with Crippen molar-refractivity contribution < 1.29 is 22.7 Å². The molecule has 0 fully saturated rings. The number of aryl methyl sites for hydroxylation is 2. The minimum Gasteiger partial charge on any atom is -0.382 e. The van der Waals surface area contributed by atoms with Crippen LogP contribution in [-0.4, -0.2) is 46.7 Å². The van der Waals surface area contributed by atoms with Gasteiger partial charge in [-0.25, -0.2) is 4.68 Å². The van der Waals surface area contributed by atoms with Crippen LogP contribution in [0.15, 0.2) is 24.3 Å². The molecule has 8 nitrogen and oxygen atoms in total. The van der Waals surface area contributed by atoms with Crippen LogP contribution in [0.1, 0.15) is 59.0 Å². The number of halogens is 3. The fourth-order valence-electron chi connectivity index (χ4n) is 3.63. The third-order valence-electron chi connectivity index (χ3n) is 5.60. The molecule has 3 rings (SSSR count). The molecule has 0 saturated carbocycles. The quantitative estimate of drug-likeness (QED) is 0.263.